The molecule has 1 aliphatic rings. The maximum absolute atomic E-state index is 11.7. The van der Waals surface area contributed by atoms with Gasteiger partial charge in [0.05, 0.1) is 19.1 Å². The zero-order valence-corrected chi connectivity index (χ0v) is 16.4. The minimum Gasteiger partial charge on any atom is -0.545 e. The molecule has 1 aromatic carbocycles. The third-order valence-electron chi connectivity index (χ3n) is 2.89. The molecule has 1 heterocycles. The van der Waals surface area contributed by atoms with Crippen LogP contribution in [-0.2, 0) is 4.74 Å². The van der Waals surface area contributed by atoms with Crippen LogP contribution in [0.4, 0.5) is 4.79 Å². The van der Waals surface area contributed by atoms with Crippen molar-refractivity contribution in [2.24, 2.45) is 0 Å². The van der Waals surface area contributed by atoms with Crippen LogP contribution in [0.25, 0.3) is 0 Å². The van der Waals surface area contributed by atoms with E-state index in [0.29, 0.717) is 18.8 Å². The summed E-state index contributed by atoms with van der Waals surface area (Å²) >= 11 is 0. The van der Waals surface area contributed by atoms with Crippen molar-refractivity contribution < 1.29 is 75.6 Å². The van der Waals surface area contributed by atoms with Gasteiger partial charge in [-0.1, -0.05) is 0 Å². The maximum atomic E-state index is 11.7. The molecular weight excluding hydrogens is 313 g/mol. The Balaban J connectivity index is 0.00000242. The third kappa shape index (κ3) is 5.55. The van der Waals surface area contributed by atoms with Gasteiger partial charge in [-0.15, -0.1) is 0 Å². The van der Waals surface area contributed by atoms with E-state index in [0.717, 1.165) is 0 Å². The summed E-state index contributed by atoms with van der Waals surface area (Å²) in [6, 6.07) is 5.99. The smallest absolute Gasteiger partial charge is 0.545 e. The minimum atomic E-state index is -1.22. The van der Waals surface area contributed by atoms with Gasteiger partial charge < -0.3 is 24.3 Å². The first kappa shape index (κ1) is 19.4. The van der Waals surface area contributed by atoms with E-state index in [-0.39, 0.29) is 69.1 Å². The van der Waals surface area contributed by atoms with E-state index >= 15 is 0 Å². The van der Waals surface area contributed by atoms with Gasteiger partial charge in [-0.25, -0.2) is 4.79 Å². The number of nitrogens with zero attached hydrogens (tertiary/aromatic N) is 1. The molecule has 1 aliphatic heterocycles. The number of carboxylic acid groups (broad SMARTS) is 1. The molecule has 22 heavy (non-hydrogen) atoms. The maximum Gasteiger partial charge on any atom is 1.00 e. The monoisotopic (exact) mass is 331 g/mol. The second kappa shape index (κ2) is 7.78. The van der Waals surface area contributed by atoms with Gasteiger partial charge in [0.1, 0.15) is 17.5 Å². The number of rotatable bonds is 3. The van der Waals surface area contributed by atoms with Crippen LogP contribution in [0.2, 0.25) is 0 Å². The molecule has 6 nitrogen and oxygen atoms in total. The van der Waals surface area contributed by atoms with Crippen molar-refractivity contribution in [2.75, 3.05) is 13.1 Å². The number of benzene rings is 1. The van der Waals surface area contributed by atoms with Crippen molar-refractivity contribution in [3.8, 4) is 5.75 Å². The van der Waals surface area contributed by atoms with Crippen LogP contribution in [0.3, 0.4) is 0 Å². The van der Waals surface area contributed by atoms with E-state index in [4.69, 9.17) is 9.47 Å². The van der Waals surface area contributed by atoms with Crippen molar-refractivity contribution in [3.05, 3.63) is 29.8 Å². The Morgan fingerprint density at radius 2 is 1.73 bits per heavy atom. The summed E-state index contributed by atoms with van der Waals surface area (Å²) < 4.78 is 10.9. The summed E-state index contributed by atoms with van der Waals surface area (Å²) in [6.07, 6.45) is -0.457. The van der Waals surface area contributed by atoms with Crippen LogP contribution in [-0.4, -0.2) is 41.8 Å². The molecule has 1 aromatic rings. The Labute approximate surface area is 172 Å². The molecule has 1 amide bonds. The second-order valence-electron chi connectivity index (χ2n) is 5.94. The van der Waals surface area contributed by atoms with Crippen molar-refractivity contribution >= 4 is 12.1 Å². The van der Waals surface area contributed by atoms with E-state index in [2.05, 4.69) is 0 Å². The molecule has 0 bridgehead atoms. The summed E-state index contributed by atoms with van der Waals surface area (Å²) in [4.78, 5) is 23.9. The normalized spacial score (nSPS) is 14.6. The summed E-state index contributed by atoms with van der Waals surface area (Å²) in [5.41, 5.74) is -0.407. The standard InChI is InChI=1S/C15H19NO5.K/c1-15(2,3)21-14(19)16-8-12(9-16)20-11-6-4-10(5-7-11)13(17)18;/h4-7,12H,8-9H2,1-3H3,(H,17,18);/q;+1/p-1. The topological polar surface area (TPSA) is 78.9 Å². The number of carboxylic acids is 1. The first-order valence-corrected chi connectivity index (χ1v) is 6.70. The Morgan fingerprint density at radius 1 is 1.18 bits per heavy atom. The average molecular weight is 331 g/mol. The number of carbonyl (C=O) groups is 2. The van der Waals surface area contributed by atoms with Crippen LogP contribution in [0.1, 0.15) is 31.1 Å². The van der Waals surface area contributed by atoms with Gasteiger partial charge in [0.15, 0.2) is 0 Å². The number of hydrogen-bond donors (Lipinski definition) is 0. The molecular formula is C15H18KNO5. The van der Waals surface area contributed by atoms with Gasteiger partial charge >= 0.3 is 57.5 Å². The first-order chi connectivity index (χ1) is 9.74. The van der Waals surface area contributed by atoms with Crippen molar-refractivity contribution in [3.63, 3.8) is 0 Å². The number of likely N-dealkylation sites (tertiary alicyclic amines) is 1. The second-order valence-corrected chi connectivity index (χ2v) is 5.94. The molecule has 0 spiro atoms. The third-order valence-corrected chi connectivity index (χ3v) is 2.89. The number of amides is 1. The summed E-state index contributed by atoms with van der Waals surface area (Å²) in [6.45, 7) is 6.36. The van der Waals surface area contributed by atoms with E-state index in [1.807, 2.05) is 20.8 Å². The Bertz CT molecular complexity index is 532. The van der Waals surface area contributed by atoms with Gasteiger partial charge in [-0.3, -0.25) is 0 Å². The molecule has 0 atom stereocenters. The van der Waals surface area contributed by atoms with Gasteiger partial charge in [0.2, 0.25) is 0 Å². The molecule has 1 fully saturated rings. The molecule has 0 aliphatic carbocycles. The molecule has 7 heteroatoms. The fraction of sp³-hybridized carbons (Fsp3) is 0.467. The van der Waals surface area contributed by atoms with Crippen LogP contribution in [0.5, 0.6) is 5.75 Å². The molecule has 0 radical (unpaired) electrons. The van der Waals surface area contributed by atoms with Gasteiger partial charge in [-0.2, -0.15) is 0 Å². The largest absolute Gasteiger partial charge is 1.00 e. The zero-order chi connectivity index (χ0) is 15.6. The quantitative estimate of drug-likeness (QED) is 0.602. The zero-order valence-electron chi connectivity index (χ0n) is 13.3. The van der Waals surface area contributed by atoms with E-state index in [1.54, 1.807) is 17.0 Å². The fourth-order valence-electron chi connectivity index (χ4n) is 1.85. The van der Waals surface area contributed by atoms with Crippen LogP contribution in [0, 0.1) is 0 Å². The fourth-order valence-corrected chi connectivity index (χ4v) is 1.85. The van der Waals surface area contributed by atoms with Crippen molar-refractivity contribution in [1.82, 2.24) is 4.90 Å². The SMILES string of the molecule is CC(C)(C)OC(=O)N1CC(Oc2ccc(C(=O)[O-])cc2)C1.[K+]. The first-order valence-electron chi connectivity index (χ1n) is 6.70. The molecule has 0 N–H and O–H groups in total. The predicted molar refractivity (Wildman–Crippen MR) is 73.0 cm³/mol. The summed E-state index contributed by atoms with van der Waals surface area (Å²) in [7, 11) is 0. The Kier molecular flexibility index (Phi) is 6.88. The predicted octanol–water partition coefficient (Wildman–Crippen LogP) is -1.95. The van der Waals surface area contributed by atoms with Gasteiger partial charge in [0, 0.05) is 0 Å². The van der Waals surface area contributed by atoms with Crippen molar-refractivity contribution in [1.29, 1.82) is 0 Å². The summed E-state index contributed by atoms with van der Waals surface area (Å²) in [5, 5.41) is 10.6. The molecule has 0 aromatic heterocycles. The van der Waals surface area contributed by atoms with Gasteiger partial charge in [-0.05, 0) is 50.6 Å². The number of ether oxygens (including phenoxy) is 2. The van der Waals surface area contributed by atoms with Crippen LogP contribution in [0.15, 0.2) is 24.3 Å². The van der Waals surface area contributed by atoms with Crippen LogP contribution >= 0.6 is 0 Å². The van der Waals surface area contributed by atoms with Gasteiger partial charge in [0.25, 0.3) is 0 Å². The number of aromatic carboxylic acids is 1. The molecule has 1 saturated heterocycles. The number of hydrogen-bond acceptors (Lipinski definition) is 5. The van der Waals surface area contributed by atoms with E-state index in [1.165, 1.54) is 12.1 Å². The average Bonchev–Trinajstić information content (AvgIpc) is 2.31. The molecule has 0 saturated carbocycles. The van der Waals surface area contributed by atoms with E-state index < -0.39 is 11.6 Å². The number of carbonyl (C=O) groups excluding carboxylic acids is 2. The Morgan fingerprint density at radius 3 is 2.18 bits per heavy atom. The molecule has 0 unspecified atom stereocenters. The Hall–Kier alpha value is -0.604. The van der Waals surface area contributed by atoms with Crippen LogP contribution < -0.4 is 61.2 Å². The molecule has 2 rings (SSSR count). The van der Waals surface area contributed by atoms with Crippen molar-refractivity contribution in [2.45, 2.75) is 32.5 Å². The summed E-state index contributed by atoms with van der Waals surface area (Å²) in [5.74, 6) is -0.657. The van der Waals surface area contributed by atoms with E-state index in [9.17, 15) is 14.7 Å². The molecule has 114 valence electrons. The minimum absolute atomic E-state index is 0.